The number of ether oxygens (including phenoxy) is 1. The van der Waals surface area contributed by atoms with Gasteiger partial charge in [0.25, 0.3) is 0 Å². The number of hydrogen-bond donors (Lipinski definition) is 1. The molecular weight excluding hydrogens is 302 g/mol. The highest BCUT2D eigenvalue weighted by atomic mass is 16.5. The van der Waals surface area contributed by atoms with E-state index in [0.717, 1.165) is 11.1 Å². The highest BCUT2D eigenvalue weighted by molar-refractivity contribution is 6.00. The van der Waals surface area contributed by atoms with Gasteiger partial charge in [0.1, 0.15) is 5.75 Å². The molecule has 0 saturated heterocycles. The maximum absolute atomic E-state index is 12.3. The summed E-state index contributed by atoms with van der Waals surface area (Å²) in [4.78, 5) is 24.3. The summed E-state index contributed by atoms with van der Waals surface area (Å²) in [6.45, 7) is 4.42. The van der Waals surface area contributed by atoms with Gasteiger partial charge in [-0.3, -0.25) is 9.59 Å². The first kappa shape index (κ1) is 17.7. The lowest BCUT2D eigenvalue weighted by Crippen LogP contribution is -2.23. The Morgan fingerprint density at radius 2 is 1.62 bits per heavy atom. The minimum absolute atomic E-state index is 0.0824. The molecule has 0 aromatic heterocycles. The van der Waals surface area contributed by atoms with Gasteiger partial charge in [0.15, 0.2) is 5.78 Å². The van der Waals surface area contributed by atoms with Gasteiger partial charge in [-0.2, -0.15) is 0 Å². The third-order valence-electron chi connectivity index (χ3n) is 3.84. The van der Waals surface area contributed by atoms with Crippen molar-refractivity contribution in [2.75, 3.05) is 7.11 Å². The molecular formula is C20H23NO3. The fraction of sp³-hybridized carbons (Fsp3) is 0.300. The van der Waals surface area contributed by atoms with Crippen molar-refractivity contribution in [1.29, 1.82) is 0 Å². The summed E-state index contributed by atoms with van der Waals surface area (Å²) in [6.07, 6.45) is 0.335. The molecule has 2 aromatic rings. The predicted octanol–water partition coefficient (Wildman–Crippen LogP) is 3.59. The van der Waals surface area contributed by atoms with Gasteiger partial charge >= 0.3 is 0 Å². The normalized spacial score (nSPS) is 10.3. The summed E-state index contributed by atoms with van der Waals surface area (Å²) < 4.78 is 5.22. The van der Waals surface area contributed by atoms with Crippen LogP contribution in [0.1, 0.15) is 39.9 Å². The maximum Gasteiger partial charge on any atom is 0.220 e. The Morgan fingerprint density at radius 1 is 0.958 bits per heavy atom. The van der Waals surface area contributed by atoms with Crippen molar-refractivity contribution in [2.45, 2.75) is 33.2 Å². The van der Waals surface area contributed by atoms with Crippen molar-refractivity contribution >= 4 is 11.7 Å². The van der Waals surface area contributed by atoms with Crippen LogP contribution in [0.2, 0.25) is 0 Å². The minimum atomic E-state index is -0.129. The SMILES string of the molecule is COc1ccc(C)cc1C(=O)CCC(=O)NCc1ccc(C)cc1. The van der Waals surface area contributed by atoms with Crippen molar-refractivity contribution in [3.05, 3.63) is 64.7 Å². The Hall–Kier alpha value is -2.62. The number of aryl methyl sites for hydroxylation is 2. The highest BCUT2D eigenvalue weighted by Gasteiger charge is 2.14. The molecule has 1 amide bonds. The summed E-state index contributed by atoms with van der Waals surface area (Å²) in [5, 5.41) is 2.84. The second-order valence-electron chi connectivity index (χ2n) is 5.89. The molecule has 0 aliphatic carbocycles. The fourth-order valence-electron chi connectivity index (χ4n) is 2.40. The first-order chi connectivity index (χ1) is 11.5. The molecule has 2 rings (SSSR count). The molecule has 24 heavy (non-hydrogen) atoms. The largest absolute Gasteiger partial charge is 0.496 e. The van der Waals surface area contributed by atoms with Gasteiger partial charge in [-0.05, 0) is 31.5 Å². The number of amides is 1. The Morgan fingerprint density at radius 3 is 2.29 bits per heavy atom. The topological polar surface area (TPSA) is 55.4 Å². The molecule has 0 spiro atoms. The number of Topliss-reactive ketones (excluding diaryl/α,β-unsaturated/α-hetero) is 1. The van der Waals surface area contributed by atoms with E-state index < -0.39 is 0 Å². The molecule has 0 aliphatic rings. The Balaban J connectivity index is 1.86. The second-order valence-corrected chi connectivity index (χ2v) is 5.89. The molecule has 0 heterocycles. The number of carbonyl (C=O) groups excluding carboxylic acids is 2. The van der Waals surface area contributed by atoms with E-state index in [1.165, 1.54) is 12.7 Å². The van der Waals surface area contributed by atoms with Crippen LogP contribution in [-0.2, 0) is 11.3 Å². The van der Waals surface area contributed by atoms with Crippen molar-refractivity contribution in [1.82, 2.24) is 5.32 Å². The van der Waals surface area contributed by atoms with Crippen LogP contribution in [0.15, 0.2) is 42.5 Å². The summed E-state index contributed by atoms with van der Waals surface area (Å²) in [7, 11) is 1.54. The van der Waals surface area contributed by atoms with Gasteiger partial charge in [-0.15, -0.1) is 0 Å². The zero-order chi connectivity index (χ0) is 17.5. The zero-order valence-corrected chi connectivity index (χ0v) is 14.4. The smallest absolute Gasteiger partial charge is 0.220 e. The number of nitrogens with one attached hydrogen (secondary N) is 1. The molecule has 4 heteroatoms. The van der Waals surface area contributed by atoms with E-state index in [2.05, 4.69) is 5.32 Å². The minimum Gasteiger partial charge on any atom is -0.496 e. The summed E-state index contributed by atoms with van der Waals surface area (Å²) in [5.74, 6) is 0.335. The lowest BCUT2D eigenvalue weighted by atomic mass is 10.0. The second kappa shape index (κ2) is 8.29. The van der Waals surface area contributed by atoms with Crippen LogP contribution in [0.4, 0.5) is 0 Å². The quantitative estimate of drug-likeness (QED) is 0.792. The van der Waals surface area contributed by atoms with Gasteiger partial charge in [0.05, 0.1) is 12.7 Å². The molecule has 0 radical (unpaired) electrons. The predicted molar refractivity (Wildman–Crippen MR) is 94.3 cm³/mol. The van der Waals surface area contributed by atoms with Crippen LogP contribution >= 0.6 is 0 Å². The molecule has 2 aromatic carbocycles. The maximum atomic E-state index is 12.3. The molecule has 4 nitrogen and oxygen atoms in total. The molecule has 126 valence electrons. The van der Waals surface area contributed by atoms with Crippen LogP contribution in [0.5, 0.6) is 5.75 Å². The van der Waals surface area contributed by atoms with Crippen molar-refractivity contribution in [2.24, 2.45) is 0 Å². The van der Waals surface area contributed by atoms with E-state index in [9.17, 15) is 9.59 Å². The van der Waals surface area contributed by atoms with E-state index in [-0.39, 0.29) is 24.5 Å². The van der Waals surface area contributed by atoms with E-state index in [4.69, 9.17) is 4.74 Å². The summed E-state index contributed by atoms with van der Waals surface area (Å²) in [5.41, 5.74) is 3.75. The van der Waals surface area contributed by atoms with Crippen LogP contribution < -0.4 is 10.1 Å². The number of carbonyl (C=O) groups is 2. The molecule has 0 unspecified atom stereocenters. The van der Waals surface area contributed by atoms with Gasteiger partial charge in [0.2, 0.25) is 5.91 Å². The van der Waals surface area contributed by atoms with Gasteiger partial charge < -0.3 is 10.1 Å². The number of benzene rings is 2. The van der Waals surface area contributed by atoms with Crippen LogP contribution in [0, 0.1) is 13.8 Å². The molecule has 1 N–H and O–H groups in total. The van der Waals surface area contributed by atoms with E-state index in [1.54, 1.807) is 12.1 Å². The highest BCUT2D eigenvalue weighted by Crippen LogP contribution is 2.21. The average molecular weight is 325 g/mol. The number of methoxy groups -OCH3 is 1. The standard InChI is InChI=1S/C20H23NO3/c1-14-4-7-16(8-5-14)13-21-20(23)11-9-18(22)17-12-15(2)6-10-19(17)24-3/h4-8,10,12H,9,11,13H2,1-3H3,(H,21,23). The van der Waals surface area contributed by atoms with Gasteiger partial charge in [-0.1, -0.05) is 41.5 Å². The van der Waals surface area contributed by atoms with Crippen molar-refractivity contribution < 1.29 is 14.3 Å². The Labute approximate surface area is 142 Å². The lowest BCUT2D eigenvalue weighted by molar-refractivity contribution is -0.121. The van der Waals surface area contributed by atoms with Crippen molar-refractivity contribution in [3.8, 4) is 5.75 Å². The van der Waals surface area contributed by atoms with Gasteiger partial charge in [0, 0.05) is 19.4 Å². The first-order valence-corrected chi connectivity index (χ1v) is 7.99. The summed E-state index contributed by atoms with van der Waals surface area (Å²) >= 11 is 0. The third kappa shape index (κ3) is 4.95. The fourth-order valence-corrected chi connectivity index (χ4v) is 2.40. The van der Waals surface area contributed by atoms with E-state index in [0.29, 0.717) is 17.9 Å². The third-order valence-corrected chi connectivity index (χ3v) is 3.84. The van der Waals surface area contributed by atoms with E-state index in [1.807, 2.05) is 44.2 Å². The number of hydrogen-bond acceptors (Lipinski definition) is 3. The Kier molecular flexibility index (Phi) is 6.13. The van der Waals surface area contributed by atoms with Crippen LogP contribution in [0.3, 0.4) is 0 Å². The summed E-state index contributed by atoms with van der Waals surface area (Å²) in [6, 6.07) is 13.5. The number of ketones is 1. The first-order valence-electron chi connectivity index (χ1n) is 7.99. The van der Waals surface area contributed by atoms with Crippen LogP contribution in [0.25, 0.3) is 0 Å². The molecule has 0 atom stereocenters. The zero-order valence-electron chi connectivity index (χ0n) is 14.4. The average Bonchev–Trinajstić information content (AvgIpc) is 2.59. The molecule has 0 bridgehead atoms. The monoisotopic (exact) mass is 325 g/mol. The molecule has 0 fully saturated rings. The number of rotatable bonds is 7. The van der Waals surface area contributed by atoms with Crippen LogP contribution in [-0.4, -0.2) is 18.8 Å². The molecule has 0 saturated carbocycles. The van der Waals surface area contributed by atoms with Gasteiger partial charge in [-0.25, -0.2) is 0 Å². The van der Waals surface area contributed by atoms with Crippen molar-refractivity contribution in [3.63, 3.8) is 0 Å². The molecule has 0 aliphatic heterocycles. The van der Waals surface area contributed by atoms with E-state index >= 15 is 0 Å². The lowest BCUT2D eigenvalue weighted by Gasteiger charge is -2.09. The Bertz CT molecular complexity index is 720.